The summed E-state index contributed by atoms with van der Waals surface area (Å²) in [5.74, 6) is 1.79. The number of amides is 2. The number of nitrogens with one attached hydrogen (secondary N) is 1. The summed E-state index contributed by atoms with van der Waals surface area (Å²) in [5.41, 5.74) is 0.991. The van der Waals surface area contributed by atoms with Gasteiger partial charge in [0.25, 0.3) is 0 Å². The minimum atomic E-state index is -0.234. The van der Waals surface area contributed by atoms with Crippen LogP contribution in [-0.2, 0) is 33.7 Å². The highest BCUT2D eigenvalue weighted by Gasteiger charge is 2.31. The van der Waals surface area contributed by atoms with Crippen LogP contribution < -0.4 is 5.32 Å². The first-order valence-corrected chi connectivity index (χ1v) is 12.1. The number of carbonyl (C=O) groups is 2. The zero-order valence-electron chi connectivity index (χ0n) is 19.3. The third-order valence-corrected chi connectivity index (χ3v) is 6.89. The number of hydrogen-bond acceptors (Lipinski definition) is 5. The number of ether oxygens (including phenoxy) is 1. The maximum Gasteiger partial charge on any atom is 0.226 e. The molecule has 0 aliphatic carbocycles. The van der Waals surface area contributed by atoms with E-state index in [4.69, 9.17) is 16.3 Å². The average molecular weight is 474 g/mol. The molecule has 1 fully saturated rings. The second kappa shape index (κ2) is 10.7. The number of aromatic nitrogens is 3. The van der Waals surface area contributed by atoms with Gasteiger partial charge in [-0.05, 0) is 30.4 Å². The van der Waals surface area contributed by atoms with Gasteiger partial charge in [0, 0.05) is 44.1 Å². The fourth-order valence-electron chi connectivity index (χ4n) is 4.47. The lowest BCUT2D eigenvalue weighted by Gasteiger charge is -2.24. The lowest BCUT2D eigenvalue weighted by molar-refractivity contribution is -0.131. The molecule has 2 aliphatic heterocycles. The number of aryl methyl sites for hydroxylation is 1. The third-order valence-electron chi connectivity index (χ3n) is 6.52. The van der Waals surface area contributed by atoms with Gasteiger partial charge in [0.1, 0.15) is 5.82 Å². The first-order valence-electron chi connectivity index (χ1n) is 11.7. The number of rotatable bonds is 7. The fraction of sp³-hybridized carbons (Fsp3) is 0.583. The van der Waals surface area contributed by atoms with Crippen LogP contribution in [0.2, 0.25) is 5.02 Å². The van der Waals surface area contributed by atoms with Gasteiger partial charge in [0.05, 0.1) is 18.6 Å². The second-order valence-corrected chi connectivity index (χ2v) is 9.55. The van der Waals surface area contributed by atoms with E-state index in [0.717, 1.165) is 23.6 Å². The normalized spacial score (nSPS) is 19.3. The van der Waals surface area contributed by atoms with Gasteiger partial charge in [-0.2, -0.15) is 0 Å². The number of fused-ring (bicyclic) bond motifs is 1. The van der Waals surface area contributed by atoms with Crippen LogP contribution >= 0.6 is 11.6 Å². The number of benzene rings is 1. The van der Waals surface area contributed by atoms with Crippen molar-refractivity contribution in [1.82, 2.24) is 25.0 Å². The molecule has 2 atom stereocenters. The molecular weight excluding hydrogens is 442 g/mol. The van der Waals surface area contributed by atoms with E-state index in [1.54, 1.807) is 0 Å². The Morgan fingerprint density at radius 1 is 1.21 bits per heavy atom. The maximum atomic E-state index is 12.9. The summed E-state index contributed by atoms with van der Waals surface area (Å²) >= 11 is 6.24. The molecule has 8 nitrogen and oxygen atoms in total. The summed E-state index contributed by atoms with van der Waals surface area (Å²) in [6.07, 6.45) is 2.43. The van der Waals surface area contributed by atoms with Crippen molar-refractivity contribution in [3.05, 3.63) is 46.5 Å². The minimum Gasteiger partial charge on any atom is -0.381 e. The van der Waals surface area contributed by atoms with Gasteiger partial charge >= 0.3 is 0 Å². The molecule has 4 rings (SSSR count). The molecule has 1 N–H and O–H groups in total. The van der Waals surface area contributed by atoms with Gasteiger partial charge in [-0.1, -0.05) is 43.6 Å². The van der Waals surface area contributed by atoms with Crippen LogP contribution in [0.15, 0.2) is 24.3 Å². The van der Waals surface area contributed by atoms with Crippen molar-refractivity contribution in [2.45, 2.75) is 52.1 Å². The summed E-state index contributed by atoms with van der Waals surface area (Å²) in [5, 5.41) is 12.7. The molecule has 0 radical (unpaired) electrons. The Morgan fingerprint density at radius 2 is 2.03 bits per heavy atom. The number of nitrogens with zero attached hydrogens (tertiary/aromatic N) is 4. The van der Waals surface area contributed by atoms with Gasteiger partial charge in [-0.3, -0.25) is 9.59 Å². The largest absolute Gasteiger partial charge is 0.381 e. The van der Waals surface area contributed by atoms with E-state index in [9.17, 15) is 9.59 Å². The van der Waals surface area contributed by atoms with E-state index < -0.39 is 0 Å². The van der Waals surface area contributed by atoms with Crippen molar-refractivity contribution < 1.29 is 14.3 Å². The summed E-state index contributed by atoms with van der Waals surface area (Å²) in [6, 6.07) is 7.41. The molecule has 1 aromatic carbocycles. The molecule has 1 aromatic heterocycles. The van der Waals surface area contributed by atoms with E-state index in [2.05, 4.69) is 33.9 Å². The van der Waals surface area contributed by atoms with E-state index in [0.29, 0.717) is 57.1 Å². The van der Waals surface area contributed by atoms with Crippen LogP contribution in [0.25, 0.3) is 0 Å². The molecule has 178 valence electrons. The predicted octanol–water partition coefficient (Wildman–Crippen LogP) is 2.80. The quantitative estimate of drug-likeness (QED) is 0.667. The molecule has 3 heterocycles. The molecular formula is C24H32ClN5O3. The van der Waals surface area contributed by atoms with Crippen molar-refractivity contribution in [3.63, 3.8) is 0 Å². The Bertz CT molecular complexity index is 986. The number of carbonyl (C=O) groups excluding carboxylic acids is 2. The smallest absolute Gasteiger partial charge is 0.226 e. The zero-order valence-corrected chi connectivity index (χ0v) is 20.1. The molecule has 2 aromatic rings. The third kappa shape index (κ3) is 5.55. The number of hydrogen-bond donors (Lipinski definition) is 1. The topological polar surface area (TPSA) is 89.3 Å². The summed E-state index contributed by atoms with van der Waals surface area (Å²) in [6.45, 7) is 7.05. The van der Waals surface area contributed by atoms with Crippen molar-refractivity contribution in [3.8, 4) is 0 Å². The van der Waals surface area contributed by atoms with Crippen LogP contribution in [0.5, 0.6) is 0 Å². The minimum absolute atomic E-state index is 0.00792. The van der Waals surface area contributed by atoms with Gasteiger partial charge in [0.15, 0.2) is 5.82 Å². The molecule has 9 heteroatoms. The highest BCUT2D eigenvalue weighted by atomic mass is 35.5. The van der Waals surface area contributed by atoms with E-state index >= 15 is 0 Å². The first-order chi connectivity index (χ1) is 15.9. The lowest BCUT2D eigenvalue weighted by Crippen LogP contribution is -2.38. The van der Waals surface area contributed by atoms with Crippen molar-refractivity contribution in [1.29, 1.82) is 0 Å². The lowest BCUT2D eigenvalue weighted by atomic mass is 10.0. The van der Waals surface area contributed by atoms with Crippen LogP contribution in [0.3, 0.4) is 0 Å². The molecule has 0 unspecified atom stereocenters. The Kier molecular flexibility index (Phi) is 7.65. The molecule has 1 saturated heterocycles. The van der Waals surface area contributed by atoms with Crippen LogP contribution in [-0.4, -0.2) is 57.8 Å². The zero-order chi connectivity index (χ0) is 23.4. The SMILES string of the molecule is CC(C)[C@@H](NC(=O)[C@@H]1CCOC1)c1nnc2n1CCN(C(=O)CCc1ccccc1Cl)CC2. The first kappa shape index (κ1) is 23.7. The van der Waals surface area contributed by atoms with E-state index in [1.807, 2.05) is 29.2 Å². The molecule has 33 heavy (non-hydrogen) atoms. The van der Waals surface area contributed by atoms with Crippen LogP contribution in [0, 0.1) is 11.8 Å². The highest BCUT2D eigenvalue weighted by molar-refractivity contribution is 6.31. The van der Waals surface area contributed by atoms with Crippen molar-refractivity contribution >= 4 is 23.4 Å². The van der Waals surface area contributed by atoms with Gasteiger partial charge in [0.2, 0.25) is 11.8 Å². The van der Waals surface area contributed by atoms with E-state index in [-0.39, 0.29) is 29.7 Å². The van der Waals surface area contributed by atoms with Crippen LogP contribution in [0.4, 0.5) is 0 Å². The second-order valence-electron chi connectivity index (χ2n) is 9.14. The van der Waals surface area contributed by atoms with E-state index in [1.165, 1.54) is 0 Å². The Hall–Kier alpha value is -2.45. The molecule has 0 bridgehead atoms. The standard InChI is InChI=1S/C24H32ClN5O3/c1-16(2)22(26-24(32)18-10-14-33-15-18)23-28-27-20-9-11-29(12-13-30(20)23)21(31)8-7-17-5-3-4-6-19(17)25/h3-6,16,18,22H,7-15H2,1-2H3,(H,26,32)/t18-,22-/m1/s1. The van der Waals surface area contributed by atoms with Gasteiger partial charge < -0.3 is 19.5 Å². The van der Waals surface area contributed by atoms with Crippen molar-refractivity contribution in [2.24, 2.45) is 11.8 Å². The summed E-state index contributed by atoms with van der Waals surface area (Å²) in [4.78, 5) is 27.5. The molecule has 2 amide bonds. The highest BCUT2D eigenvalue weighted by Crippen LogP contribution is 2.24. The van der Waals surface area contributed by atoms with Crippen molar-refractivity contribution in [2.75, 3.05) is 26.3 Å². The molecule has 0 spiro atoms. The Balaban J connectivity index is 1.40. The van der Waals surface area contributed by atoms with Gasteiger partial charge in [-0.15, -0.1) is 10.2 Å². The summed E-state index contributed by atoms with van der Waals surface area (Å²) in [7, 11) is 0. The monoisotopic (exact) mass is 473 g/mol. The Morgan fingerprint density at radius 3 is 2.76 bits per heavy atom. The van der Waals surface area contributed by atoms with Gasteiger partial charge in [-0.25, -0.2) is 0 Å². The molecule has 0 saturated carbocycles. The number of halogens is 1. The average Bonchev–Trinajstić information content (AvgIpc) is 3.43. The summed E-state index contributed by atoms with van der Waals surface area (Å²) < 4.78 is 7.45. The fourth-order valence-corrected chi connectivity index (χ4v) is 4.70. The Labute approximate surface area is 199 Å². The maximum absolute atomic E-state index is 12.9. The van der Waals surface area contributed by atoms with Crippen LogP contribution in [0.1, 0.15) is 49.9 Å². The molecule has 2 aliphatic rings. The predicted molar refractivity (Wildman–Crippen MR) is 125 cm³/mol.